The topological polar surface area (TPSA) is 143 Å². The molecule has 0 radical (unpaired) electrons. The van der Waals surface area contributed by atoms with Crippen LogP contribution >= 0.6 is 11.6 Å². The third kappa shape index (κ3) is 0.823. The molecule has 0 aromatic carbocycles. The van der Waals surface area contributed by atoms with Gasteiger partial charge in [0.1, 0.15) is 0 Å². The SMILES string of the molecule is NC(N)(Cl)[C@]1(N)OC1(N)N. The summed E-state index contributed by atoms with van der Waals surface area (Å²) >= 11 is 5.40. The largest absolute Gasteiger partial charge is 0.312 e. The summed E-state index contributed by atoms with van der Waals surface area (Å²) in [4.78, 5) is 0. The highest BCUT2D eigenvalue weighted by Crippen LogP contribution is 2.41. The van der Waals surface area contributed by atoms with Crippen LogP contribution in [0.2, 0.25) is 0 Å². The molecule has 0 aromatic rings. The highest BCUT2D eigenvalue weighted by molar-refractivity contribution is 6.24. The minimum atomic E-state index is -1.74. The molecule has 1 rings (SSSR count). The molecule has 0 bridgehead atoms. The fourth-order valence-corrected chi connectivity index (χ4v) is 0.805. The van der Waals surface area contributed by atoms with E-state index in [0.29, 0.717) is 0 Å². The van der Waals surface area contributed by atoms with Crippen LogP contribution in [0.3, 0.4) is 0 Å². The van der Waals surface area contributed by atoms with Crippen LogP contribution in [-0.4, -0.2) is 16.7 Å². The van der Waals surface area contributed by atoms with Crippen LogP contribution in [0.15, 0.2) is 0 Å². The van der Waals surface area contributed by atoms with Gasteiger partial charge in [-0.3, -0.25) is 28.7 Å². The van der Waals surface area contributed by atoms with E-state index in [1.54, 1.807) is 0 Å². The van der Waals surface area contributed by atoms with Gasteiger partial charge in [-0.25, -0.2) is 0 Å². The molecule has 1 fully saturated rings. The molecule has 0 amide bonds. The van der Waals surface area contributed by atoms with Crippen molar-refractivity contribution in [1.82, 2.24) is 0 Å². The molecule has 0 spiro atoms. The second-order valence-corrected chi connectivity index (χ2v) is 3.02. The van der Waals surface area contributed by atoms with E-state index in [1.807, 2.05) is 0 Å². The van der Waals surface area contributed by atoms with E-state index in [0.717, 1.165) is 0 Å². The first kappa shape index (κ1) is 8.15. The molecule has 10 heavy (non-hydrogen) atoms. The summed E-state index contributed by atoms with van der Waals surface area (Å²) in [6.45, 7) is 0. The molecule has 1 aliphatic rings. The maximum atomic E-state index is 5.40. The van der Waals surface area contributed by atoms with E-state index in [1.165, 1.54) is 0 Å². The Labute approximate surface area is 62.6 Å². The minimum absolute atomic E-state index is 1.52. The van der Waals surface area contributed by atoms with Gasteiger partial charge in [0.05, 0.1) is 0 Å². The highest BCUT2D eigenvalue weighted by Gasteiger charge is 2.72. The van der Waals surface area contributed by atoms with Crippen LogP contribution in [0.25, 0.3) is 0 Å². The molecule has 1 aliphatic heterocycles. The highest BCUT2D eigenvalue weighted by atomic mass is 35.5. The van der Waals surface area contributed by atoms with Crippen LogP contribution in [0, 0.1) is 0 Å². The van der Waals surface area contributed by atoms with Crippen molar-refractivity contribution in [1.29, 1.82) is 0 Å². The Kier molecular flexibility index (Phi) is 1.32. The molecule has 7 heteroatoms. The first-order chi connectivity index (χ1) is 4.21. The maximum absolute atomic E-state index is 5.40. The van der Waals surface area contributed by atoms with E-state index in [9.17, 15) is 0 Å². The lowest BCUT2D eigenvalue weighted by Gasteiger charge is -2.21. The molecule has 1 atom stereocenters. The average molecular weight is 168 g/mol. The number of rotatable bonds is 1. The number of nitrogens with two attached hydrogens (primary N) is 5. The standard InChI is InChI=1S/C3H10ClN5O/c4-2(6,7)1(5)3(8,9)10-1/h5-9H2/t1-/m0/s1. The van der Waals surface area contributed by atoms with Crippen molar-refractivity contribution < 1.29 is 4.74 Å². The molecule has 0 aromatic heterocycles. The van der Waals surface area contributed by atoms with Gasteiger partial charge >= 0.3 is 0 Å². The van der Waals surface area contributed by atoms with Crippen molar-refractivity contribution in [3.05, 3.63) is 0 Å². The molecule has 1 saturated heterocycles. The summed E-state index contributed by atoms with van der Waals surface area (Å²) in [6, 6.07) is 0. The lowest BCUT2D eigenvalue weighted by Crippen LogP contribution is -2.67. The Bertz CT molecular complexity index is 165. The van der Waals surface area contributed by atoms with Crippen LogP contribution < -0.4 is 28.7 Å². The molecule has 0 unspecified atom stereocenters. The number of hydrogen-bond donors (Lipinski definition) is 5. The van der Waals surface area contributed by atoms with Crippen molar-refractivity contribution in [3.63, 3.8) is 0 Å². The van der Waals surface area contributed by atoms with Gasteiger partial charge in [0.25, 0.3) is 0 Å². The van der Waals surface area contributed by atoms with Gasteiger partial charge < -0.3 is 4.74 Å². The van der Waals surface area contributed by atoms with Crippen LogP contribution in [0.4, 0.5) is 0 Å². The van der Waals surface area contributed by atoms with Crippen molar-refractivity contribution in [2.75, 3.05) is 0 Å². The van der Waals surface area contributed by atoms with Crippen molar-refractivity contribution >= 4 is 11.6 Å². The van der Waals surface area contributed by atoms with E-state index >= 15 is 0 Å². The Morgan fingerprint density at radius 1 is 1.20 bits per heavy atom. The van der Waals surface area contributed by atoms with Crippen molar-refractivity contribution in [2.45, 2.75) is 16.7 Å². The van der Waals surface area contributed by atoms with Gasteiger partial charge in [-0.1, -0.05) is 11.6 Å². The zero-order chi connectivity index (χ0) is 8.21. The number of epoxide rings is 1. The summed E-state index contributed by atoms with van der Waals surface area (Å²) in [5.74, 6) is -1.52. The van der Waals surface area contributed by atoms with Gasteiger partial charge in [-0.15, -0.1) is 0 Å². The molecule has 1 heterocycles. The minimum Gasteiger partial charge on any atom is -0.312 e. The third-order valence-electron chi connectivity index (χ3n) is 1.44. The number of ether oxygens (including phenoxy) is 1. The molecule has 6 nitrogen and oxygen atoms in total. The quantitative estimate of drug-likeness (QED) is 0.122. The molecule has 60 valence electrons. The lowest BCUT2D eigenvalue weighted by molar-refractivity contribution is 0.232. The monoisotopic (exact) mass is 167 g/mol. The average Bonchev–Trinajstić information content (AvgIpc) is 2.05. The van der Waals surface area contributed by atoms with E-state index in [4.69, 9.17) is 40.3 Å². The fraction of sp³-hybridized carbons (Fsp3) is 1.00. The van der Waals surface area contributed by atoms with E-state index in [-0.39, 0.29) is 0 Å². The predicted molar refractivity (Wildman–Crippen MR) is 36.1 cm³/mol. The Morgan fingerprint density at radius 2 is 1.50 bits per heavy atom. The normalized spacial score (nSPS) is 37.8. The Balaban J connectivity index is 2.78. The van der Waals surface area contributed by atoms with Gasteiger partial charge in [0, 0.05) is 0 Å². The smallest absolute Gasteiger partial charge is 0.223 e. The van der Waals surface area contributed by atoms with Gasteiger partial charge in [-0.05, 0) is 0 Å². The fourth-order valence-electron chi connectivity index (χ4n) is 0.619. The van der Waals surface area contributed by atoms with E-state index in [2.05, 4.69) is 4.74 Å². The molecule has 0 saturated carbocycles. The second-order valence-electron chi connectivity index (χ2n) is 2.40. The third-order valence-corrected chi connectivity index (χ3v) is 1.72. The van der Waals surface area contributed by atoms with Gasteiger partial charge in [-0.2, -0.15) is 0 Å². The van der Waals surface area contributed by atoms with Gasteiger partial charge in [0.2, 0.25) is 11.6 Å². The summed E-state index contributed by atoms with van der Waals surface area (Å²) in [6.07, 6.45) is 0. The van der Waals surface area contributed by atoms with Crippen LogP contribution in [0.5, 0.6) is 0 Å². The van der Waals surface area contributed by atoms with Crippen LogP contribution in [0.1, 0.15) is 0 Å². The Morgan fingerprint density at radius 3 is 1.50 bits per heavy atom. The summed E-state index contributed by atoms with van der Waals surface area (Å²) in [7, 11) is 0. The summed E-state index contributed by atoms with van der Waals surface area (Å²) in [5.41, 5.74) is 24.6. The molecular formula is C3H10ClN5O. The van der Waals surface area contributed by atoms with E-state index < -0.39 is 16.7 Å². The second kappa shape index (κ2) is 1.62. The zero-order valence-corrected chi connectivity index (χ0v) is 5.93. The Hall–Kier alpha value is 0.0500. The molecule has 10 N–H and O–H groups in total. The van der Waals surface area contributed by atoms with Crippen molar-refractivity contribution in [2.24, 2.45) is 28.7 Å². The first-order valence-electron chi connectivity index (χ1n) is 2.54. The number of hydrogen-bond acceptors (Lipinski definition) is 6. The van der Waals surface area contributed by atoms with Gasteiger partial charge in [0.15, 0.2) is 5.12 Å². The lowest BCUT2D eigenvalue weighted by atomic mass is 10.2. The number of alkyl halides is 1. The summed E-state index contributed by atoms with van der Waals surface area (Å²) < 4.78 is 4.61. The van der Waals surface area contributed by atoms with Crippen molar-refractivity contribution in [3.8, 4) is 0 Å². The first-order valence-corrected chi connectivity index (χ1v) is 2.92. The van der Waals surface area contributed by atoms with Crippen LogP contribution in [-0.2, 0) is 4.74 Å². The molecular weight excluding hydrogens is 158 g/mol. The zero-order valence-electron chi connectivity index (χ0n) is 5.17. The predicted octanol–water partition coefficient (Wildman–Crippen LogP) is -2.95. The maximum Gasteiger partial charge on any atom is 0.223 e. The molecule has 0 aliphatic carbocycles. The number of halogens is 1. The summed E-state index contributed by atoms with van der Waals surface area (Å²) in [5, 5.41) is -1.74.